The van der Waals surface area contributed by atoms with Gasteiger partial charge in [-0.1, -0.05) is 12.1 Å². The van der Waals surface area contributed by atoms with Gasteiger partial charge < -0.3 is 20.2 Å². The van der Waals surface area contributed by atoms with Crippen molar-refractivity contribution in [2.75, 3.05) is 44.2 Å². The Hall–Kier alpha value is -2.28. The van der Waals surface area contributed by atoms with Crippen LogP contribution in [0.25, 0.3) is 0 Å². The van der Waals surface area contributed by atoms with Crippen molar-refractivity contribution in [3.05, 3.63) is 24.3 Å². The number of carbonyl (C=O) groups is 2. The van der Waals surface area contributed by atoms with Crippen molar-refractivity contribution in [2.24, 2.45) is 0 Å². The first-order valence-electron chi connectivity index (χ1n) is 8.04. The zero-order valence-corrected chi connectivity index (χ0v) is 13.3. The first-order chi connectivity index (χ1) is 11.1. The molecule has 0 radical (unpaired) electrons. The zero-order chi connectivity index (χ0) is 16.4. The number of rotatable bonds is 3. The van der Waals surface area contributed by atoms with Crippen LogP contribution in [0.2, 0.25) is 0 Å². The monoisotopic (exact) mass is 319 g/mol. The number of phenolic OH excluding ortho intramolecular Hbond substituents is 1. The molecular weight excluding hydrogens is 296 g/mol. The molecule has 0 unspecified atom stereocenters. The van der Waals surface area contributed by atoms with Crippen LogP contribution < -0.4 is 15.1 Å². The molecule has 124 valence electrons. The Balaban J connectivity index is 1.59. The van der Waals surface area contributed by atoms with Gasteiger partial charge in [-0.15, -0.1) is 0 Å². The van der Waals surface area contributed by atoms with Crippen molar-refractivity contribution in [3.8, 4) is 5.75 Å². The molecule has 1 atom stereocenters. The van der Waals surface area contributed by atoms with Gasteiger partial charge in [0.1, 0.15) is 5.75 Å². The molecule has 2 aliphatic heterocycles. The summed E-state index contributed by atoms with van der Waals surface area (Å²) in [5.41, 5.74) is 0.837. The molecular formula is C16H23N4O3+. The fraction of sp³-hybridized carbons (Fsp3) is 0.500. The average molecular weight is 319 g/mol. The van der Waals surface area contributed by atoms with E-state index in [1.807, 2.05) is 25.1 Å². The van der Waals surface area contributed by atoms with E-state index in [1.54, 1.807) is 6.07 Å². The number of hydrogen-bond donors (Lipinski definition) is 3. The normalized spacial score (nSPS) is 20.5. The van der Waals surface area contributed by atoms with Gasteiger partial charge in [-0.25, -0.2) is 4.79 Å². The van der Waals surface area contributed by atoms with Crippen molar-refractivity contribution in [1.29, 1.82) is 0 Å². The molecule has 3 N–H and O–H groups in total. The average Bonchev–Trinajstić information content (AvgIpc) is 3.00. The number of piperazine rings is 1. The SMILES string of the molecule is C[C@@H](C(=O)N1CCNC1=O)[NH+]1CCN(c2ccccc2O)CC1. The summed E-state index contributed by atoms with van der Waals surface area (Å²) in [6, 6.07) is 6.80. The quantitative estimate of drug-likeness (QED) is 0.670. The summed E-state index contributed by atoms with van der Waals surface area (Å²) in [6.45, 7) is 6.03. The Morgan fingerprint density at radius 3 is 2.57 bits per heavy atom. The topological polar surface area (TPSA) is 77.3 Å². The van der Waals surface area contributed by atoms with Gasteiger partial charge in [0.25, 0.3) is 5.91 Å². The number of hydrogen-bond acceptors (Lipinski definition) is 4. The second-order valence-corrected chi connectivity index (χ2v) is 6.08. The van der Waals surface area contributed by atoms with Crippen LogP contribution in [-0.2, 0) is 4.79 Å². The number of phenols is 1. The number of aromatic hydroxyl groups is 1. The van der Waals surface area contributed by atoms with E-state index < -0.39 is 0 Å². The molecule has 0 aliphatic carbocycles. The molecule has 0 bridgehead atoms. The lowest BCUT2D eigenvalue weighted by atomic mass is 10.2. The summed E-state index contributed by atoms with van der Waals surface area (Å²) in [7, 11) is 0. The van der Waals surface area contributed by atoms with E-state index in [-0.39, 0.29) is 23.7 Å². The highest BCUT2D eigenvalue weighted by Crippen LogP contribution is 2.26. The number of carbonyl (C=O) groups excluding carboxylic acids is 2. The minimum Gasteiger partial charge on any atom is -0.506 e. The number of nitrogens with one attached hydrogen (secondary N) is 2. The fourth-order valence-corrected chi connectivity index (χ4v) is 3.29. The van der Waals surface area contributed by atoms with Crippen LogP contribution in [0.15, 0.2) is 24.3 Å². The Morgan fingerprint density at radius 2 is 1.96 bits per heavy atom. The highest BCUT2D eigenvalue weighted by molar-refractivity contribution is 5.97. The van der Waals surface area contributed by atoms with E-state index in [9.17, 15) is 14.7 Å². The van der Waals surface area contributed by atoms with Crippen molar-refractivity contribution in [2.45, 2.75) is 13.0 Å². The number of quaternary nitrogens is 1. The number of amides is 3. The van der Waals surface area contributed by atoms with Crippen molar-refractivity contribution in [1.82, 2.24) is 10.2 Å². The van der Waals surface area contributed by atoms with Crippen molar-refractivity contribution < 1.29 is 19.6 Å². The maximum absolute atomic E-state index is 12.5. The number of para-hydroxylation sites is 2. The molecule has 3 rings (SSSR count). The second kappa shape index (κ2) is 6.45. The highest BCUT2D eigenvalue weighted by Gasteiger charge is 2.36. The molecule has 7 heteroatoms. The van der Waals surface area contributed by atoms with Crippen molar-refractivity contribution >= 4 is 17.6 Å². The molecule has 23 heavy (non-hydrogen) atoms. The van der Waals surface area contributed by atoms with Gasteiger partial charge in [0.15, 0.2) is 6.04 Å². The summed E-state index contributed by atoms with van der Waals surface area (Å²) >= 11 is 0. The summed E-state index contributed by atoms with van der Waals surface area (Å²) in [6.07, 6.45) is 0. The predicted octanol–water partition coefficient (Wildman–Crippen LogP) is -0.963. The van der Waals surface area contributed by atoms with E-state index in [0.717, 1.165) is 31.9 Å². The number of imide groups is 1. The molecule has 1 aromatic rings. The third-order valence-electron chi connectivity index (χ3n) is 4.73. The van der Waals surface area contributed by atoms with Crippen LogP contribution in [0, 0.1) is 0 Å². The van der Waals surface area contributed by atoms with E-state index in [2.05, 4.69) is 10.2 Å². The lowest BCUT2D eigenvalue weighted by Gasteiger charge is -2.36. The minimum absolute atomic E-state index is 0.106. The molecule has 2 fully saturated rings. The van der Waals surface area contributed by atoms with Crippen LogP contribution in [0.3, 0.4) is 0 Å². The van der Waals surface area contributed by atoms with E-state index in [4.69, 9.17) is 0 Å². The maximum Gasteiger partial charge on any atom is 0.324 e. The van der Waals surface area contributed by atoms with Crippen LogP contribution in [-0.4, -0.2) is 67.3 Å². The van der Waals surface area contributed by atoms with Gasteiger partial charge in [0.05, 0.1) is 31.9 Å². The van der Waals surface area contributed by atoms with Gasteiger partial charge in [0.2, 0.25) is 0 Å². The molecule has 2 heterocycles. The van der Waals surface area contributed by atoms with Crippen LogP contribution >= 0.6 is 0 Å². The lowest BCUT2D eigenvalue weighted by molar-refractivity contribution is -0.915. The van der Waals surface area contributed by atoms with Crippen molar-refractivity contribution in [3.63, 3.8) is 0 Å². The summed E-state index contributed by atoms with van der Waals surface area (Å²) in [4.78, 5) is 28.7. The smallest absolute Gasteiger partial charge is 0.324 e. The fourth-order valence-electron chi connectivity index (χ4n) is 3.29. The highest BCUT2D eigenvalue weighted by atomic mass is 16.3. The summed E-state index contributed by atoms with van der Waals surface area (Å²) in [5, 5.41) is 12.6. The number of urea groups is 1. The van der Waals surface area contributed by atoms with Gasteiger partial charge in [0, 0.05) is 13.1 Å². The number of nitrogens with zero attached hydrogens (tertiary/aromatic N) is 2. The number of anilines is 1. The first kappa shape index (κ1) is 15.6. The van der Waals surface area contributed by atoms with E-state index in [0.29, 0.717) is 13.1 Å². The van der Waals surface area contributed by atoms with E-state index in [1.165, 1.54) is 9.80 Å². The molecule has 2 aliphatic rings. The van der Waals surface area contributed by atoms with Gasteiger partial charge in [-0.05, 0) is 19.1 Å². The third-order valence-corrected chi connectivity index (χ3v) is 4.73. The Labute approximate surface area is 135 Å². The maximum atomic E-state index is 12.5. The predicted molar refractivity (Wildman–Crippen MR) is 85.6 cm³/mol. The molecule has 0 saturated carbocycles. The molecule has 0 spiro atoms. The zero-order valence-electron chi connectivity index (χ0n) is 13.3. The van der Waals surface area contributed by atoms with Crippen LogP contribution in [0.1, 0.15) is 6.92 Å². The van der Waals surface area contributed by atoms with Crippen LogP contribution in [0.4, 0.5) is 10.5 Å². The lowest BCUT2D eigenvalue weighted by Crippen LogP contribution is -3.19. The molecule has 1 aromatic carbocycles. The summed E-state index contributed by atoms with van der Waals surface area (Å²) < 4.78 is 0. The number of benzene rings is 1. The van der Waals surface area contributed by atoms with Gasteiger partial charge in [-0.3, -0.25) is 9.69 Å². The van der Waals surface area contributed by atoms with Crippen LogP contribution in [0.5, 0.6) is 5.75 Å². The molecule has 3 amide bonds. The van der Waals surface area contributed by atoms with Gasteiger partial charge >= 0.3 is 6.03 Å². The Kier molecular flexibility index (Phi) is 4.38. The summed E-state index contributed by atoms with van der Waals surface area (Å²) in [5.74, 6) is 0.180. The molecule has 2 saturated heterocycles. The Morgan fingerprint density at radius 1 is 1.26 bits per heavy atom. The third kappa shape index (κ3) is 3.10. The largest absolute Gasteiger partial charge is 0.506 e. The first-order valence-corrected chi connectivity index (χ1v) is 8.04. The minimum atomic E-state index is -0.283. The molecule has 0 aromatic heterocycles. The second-order valence-electron chi connectivity index (χ2n) is 6.08. The molecule has 7 nitrogen and oxygen atoms in total. The Bertz CT molecular complexity index is 599. The van der Waals surface area contributed by atoms with Gasteiger partial charge in [-0.2, -0.15) is 0 Å². The van der Waals surface area contributed by atoms with E-state index >= 15 is 0 Å². The standard InChI is InChI=1S/C16H22N4O3/c1-12(15(22)20-7-6-17-16(20)23)18-8-10-19(11-9-18)13-4-2-3-5-14(13)21/h2-5,12,21H,6-11H2,1H3,(H,17,23)/p+1/t12-/m0/s1.